The van der Waals surface area contributed by atoms with Gasteiger partial charge in [-0.1, -0.05) is 28.1 Å². The van der Waals surface area contributed by atoms with E-state index in [1.807, 2.05) is 5.32 Å². The van der Waals surface area contributed by atoms with Gasteiger partial charge in [-0.3, -0.25) is 10.5 Å². The molecule has 0 bridgehead atoms. The second-order valence-corrected chi connectivity index (χ2v) is 6.16. The van der Waals surface area contributed by atoms with Crippen LogP contribution in [-0.4, -0.2) is 29.5 Å². The van der Waals surface area contributed by atoms with Crippen molar-refractivity contribution in [3.63, 3.8) is 0 Å². The highest BCUT2D eigenvalue weighted by Gasteiger charge is 2.75. The summed E-state index contributed by atoms with van der Waals surface area (Å²) in [5.41, 5.74) is 0.710. The van der Waals surface area contributed by atoms with Gasteiger partial charge >= 0.3 is 5.92 Å². The molecule has 1 aliphatic carbocycles. The Morgan fingerprint density at radius 2 is 1.75 bits per heavy atom. The molecular formula is C14H11BrF6N2O. The Bertz CT molecular complexity index is 678. The molecule has 3 atom stereocenters. The lowest BCUT2D eigenvalue weighted by Gasteiger charge is -2.42. The van der Waals surface area contributed by atoms with Crippen LogP contribution in [0.4, 0.5) is 26.3 Å². The molecule has 0 saturated heterocycles. The van der Waals surface area contributed by atoms with Crippen LogP contribution in [0.25, 0.3) is 0 Å². The number of hydrogen-bond donors (Lipinski definition) is 2. The standard InChI is InChI=1S/C14H11BrF6N2O/c15-8-3-1-7(2-4-8)6-23-11(24)12(18)5-9(16)10(17)13(19,20)14(12,21)22/h1-5,10H,6,22H2,(H,23,24). The van der Waals surface area contributed by atoms with E-state index in [2.05, 4.69) is 21.7 Å². The number of amides is 1. The molecule has 0 saturated carbocycles. The number of carbonyl (C=O) groups excluding carboxylic acids is 1. The molecule has 3 N–H and O–H groups in total. The number of allylic oxidation sites excluding steroid dienone is 1. The summed E-state index contributed by atoms with van der Waals surface area (Å²) in [6.07, 6.45) is -4.28. The Labute approximate surface area is 141 Å². The number of nitrogens with two attached hydrogens (primary N) is 1. The molecule has 10 heteroatoms. The topological polar surface area (TPSA) is 55.1 Å². The third-order valence-electron chi connectivity index (χ3n) is 3.61. The van der Waals surface area contributed by atoms with Gasteiger partial charge in [0.2, 0.25) is 6.17 Å². The predicted molar refractivity (Wildman–Crippen MR) is 76.9 cm³/mol. The van der Waals surface area contributed by atoms with Crippen LogP contribution in [0, 0.1) is 0 Å². The summed E-state index contributed by atoms with van der Waals surface area (Å²) in [6.45, 7) is -0.367. The normalized spacial score (nSPS) is 32.2. The van der Waals surface area contributed by atoms with Gasteiger partial charge in [-0.05, 0) is 17.7 Å². The third kappa shape index (κ3) is 2.81. The van der Waals surface area contributed by atoms with Gasteiger partial charge in [-0.2, -0.15) is 8.78 Å². The first kappa shape index (κ1) is 18.8. The molecule has 1 aromatic rings. The quantitative estimate of drug-likeness (QED) is 0.587. The molecule has 0 fully saturated rings. The molecule has 1 aliphatic rings. The Kier molecular flexibility index (Phi) is 4.75. The molecule has 2 rings (SSSR count). The summed E-state index contributed by atoms with van der Waals surface area (Å²) in [4.78, 5) is 11.8. The van der Waals surface area contributed by atoms with E-state index in [0.717, 1.165) is 0 Å². The summed E-state index contributed by atoms with van der Waals surface area (Å²) < 4.78 is 82.7. The maximum Gasteiger partial charge on any atom is 0.335 e. The van der Waals surface area contributed by atoms with Crippen molar-refractivity contribution in [2.24, 2.45) is 5.73 Å². The summed E-state index contributed by atoms with van der Waals surface area (Å²) in [7, 11) is 0. The number of benzene rings is 1. The molecule has 3 unspecified atom stereocenters. The average Bonchev–Trinajstić information content (AvgIpc) is 2.51. The fourth-order valence-corrected chi connectivity index (χ4v) is 2.38. The number of rotatable bonds is 3. The van der Waals surface area contributed by atoms with Gasteiger partial charge in [0.1, 0.15) is 5.83 Å². The lowest BCUT2D eigenvalue weighted by atomic mass is 9.80. The zero-order valence-corrected chi connectivity index (χ0v) is 13.4. The van der Waals surface area contributed by atoms with Gasteiger partial charge in [0.15, 0.2) is 0 Å². The molecule has 1 amide bonds. The molecule has 0 aliphatic heterocycles. The first-order valence-corrected chi connectivity index (χ1v) is 7.32. The van der Waals surface area contributed by atoms with E-state index in [4.69, 9.17) is 0 Å². The van der Waals surface area contributed by atoms with Crippen LogP contribution in [0.2, 0.25) is 0 Å². The van der Waals surface area contributed by atoms with Gasteiger partial charge in [0.05, 0.1) is 0 Å². The largest absolute Gasteiger partial charge is 0.349 e. The predicted octanol–water partition coefficient (Wildman–Crippen LogP) is 3.24. The smallest absolute Gasteiger partial charge is 0.335 e. The SMILES string of the molecule is NC1(F)C(F)(C(=O)NCc2ccc(Br)cc2)C=C(F)C(F)C1(F)F. The van der Waals surface area contributed by atoms with Crippen LogP contribution >= 0.6 is 15.9 Å². The molecule has 0 aromatic heterocycles. The van der Waals surface area contributed by atoms with Gasteiger partial charge in [0.25, 0.3) is 17.4 Å². The van der Waals surface area contributed by atoms with E-state index < -0.39 is 41.4 Å². The van der Waals surface area contributed by atoms with Crippen LogP contribution in [0.3, 0.4) is 0 Å². The lowest BCUT2D eigenvalue weighted by Crippen LogP contribution is -2.74. The molecule has 1 aromatic carbocycles. The maximum atomic E-state index is 14.5. The molecule has 3 nitrogen and oxygen atoms in total. The Morgan fingerprint density at radius 3 is 2.29 bits per heavy atom. The number of halogens is 7. The molecule has 132 valence electrons. The highest BCUT2D eigenvalue weighted by atomic mass is 79.9. The summed E-state index contributed by atoms with van der Waals surface area (Å²) >= 11 is 3.15. The summed E-state index contributed by atoms with van der Waals surface area (Å²) in [5, 5.41) is 1.84. The summed E-state index contributed by atoms with van der Waals surface area (Å²) in [6, 6.07) is 6.17. The van der Waals surface area contributed by atoms with Crippen molar-refractivity contribution in [1.82, 2.24) is 5.32 Å². The van der Waals surface area contributed by atoms with E-state index in [9.17, 15) is 31.1 Å². The fourth-order valence-electron chi connectivity index (χ4n) is 2.11. The monoisotopic (exact) mass is 416 g/mol. The van der Waals surface area contributed by atoms with Crippen LogP contribution < -0.4 is 11.1 Å². The van der Waals surface area contributed by atoms with E-state index in [1.54, 1.807) is 12.1 Å². The minimum absolute atomic E-state index is 0.367. The Morgan fingerprint density at radius 1 is 1.21 bits per heavy atom. The first-order valence-electron chi connectivity index (χ1n) is 6.53. The second-order valence-electron chi connectivity index (χ2n) is 5.25. The molecule has 24 heavy (non-hydrogen) atoms. The number of carbonyl (C=O) groups is 1. The van der Waals surface area contributed by atoms with Crippen molar-refractivity contribution in [2.45, 2.75) is 30.1 Å². The first-order chi connectivity index (χ1) is 10.9. The molecule has 0 radical (unpaired) electrons. The Balaban J connectivity index is 2.27. The minimum atomic E-state index is -5.27. The van der Waals surface area contributed by atoms with Gasteiger partial charge in [0, 0.05) is 17.1 Å². The van der Waals surface area contributed by atoms with E-state index in [0.29, 0.717) is 10.0 Å². The molecule has 0 spiro atoms. The van der Waals surface area contributed by atoms with Crippen LogP contribution in [0.5, 0.6) is 0 Å². The van der Waals surface area contributed by atoms with Gasteiger partial charge in [-0.25, -0.2) is 17.6 Å². The summed E-state index contributed by atoms with van der Waals surface area (Å²) in [5.74, 6) is -14.3. The zero-order valence-electron chi connectivity index (χ0n) is 11.8. The van der Waals surface area contributed by atoms with E-state index in [1.165, 1.54) is 12.1 Å². The third-order valence-corrected chi connectivity index (χ3v) is 4.14. The van der Waals surface area contributed by atoms with Gasteiger partial charge in [-0.15, -0.1) is 0 Å². The van der Waals surface area contributed by atoms with Crippen LogP contribution in [0.15, 0.2) is 40.6 Å². The lowest BCUT2D eigenvalue weighted by molar-refractivity contribution is -0.223. The number of alkyl halides is 5. The Hall–Kier alpha value is -1.55. The van der Waals surface area contributed by atoms with Crippen LogP contribution in [-0.2, 0) is 11.3 Å². The van der Waals surface area contributed by atoms with Crippen LogP contribution in [0.1, 0.15) is 5.56 Å². The number of hydrogen-bond acceptors (Lipinski definition) is 2. The van der Waals surface area contributed by atoms with Crippen molar-refractivity contribution in [3.8, 4) is 0 Å². The molecular weight excluding hydrogens is 406 g/mol. The van der Waals surface area contributed by atoms with Crippen molar-refractivity contribution in [2.75, 3.05) is 0 Å². The number of nitrogens with one attached hydrogen (secondary N) is 1. The highest BCUT2D eigenvalue weighted by molar-refractivity contribution is 9.10. The minimum Gasteiger partial charge on any atom is -0.349 e. The highest BCUT2D eigenvalue weighted by Crippen LogP contribution is 2.49. The van der Waals surface area contributed by atoms with Crippen molar-refractivity contribution < 1.29 is 31.1 Å². The zero-order chi connectivity index (χ0) is 18.3. The van der Waals surface area contributed by atoms with Crippen molar-refractivity contribution in [1.29, 1.82) is 0 Å². The maximum absolute atomic E-state index is 14.5. The fraction of sp³-hybridized carbons (Fsp3) is 0.357. The second kappa shape index (κ2) is 6.07. The average molecular weight is 417 g/mol. The van der Waals surface area contributed by atoms with Crippen molar-refractivity contribution in [3.05, 3.63) is 46.2 Å². The van der Waals surface area contributed by atoms with E-state index >= 15 is 0 Å². The van der Waals surface area contributed by atoms with Crippen molar-refractivity contribution >= 4 is 21.8 Å². The molecule has 0 heterocycles. The van der Waals surface area contributed by atoms with Gasteiger partial charge < -0.3 is 5.32 Å². The van der Waals surface area contributed by atoms with E-state index in [-0.39, 0.29) is 6.54 Å².